The van der Waals surface area contributed by atoms with E-state index in [-0.39, 0.29) is 12.7 Å². The van der Waals surface area contributed by atoms with Gasteiger partial charge in [0.1, 0.15) is 12.4 Å². The van der Waals surface area contributed by atoms with Gasteiger partial charge in [0.05, 0.1) is 12.0 Å². The Hall–Kier alpha value is -2.77. The molecule has 154 valence electrons. The summed E-state index contributed by atoms with van der Waals surface area (Å²) in [6, 6.07) is 13.2. The van der Waals surface area contributed by atoms with Crippen LogP contribution >= 0.6 is 0 Å². The normalized spacial score (nSPS) is 17.0. The first-order valence-corrected chi connectivity index (χ1v) is 9.81. The van der Waals surface area contributed by atoms with Gasteiger partial charge < -0.3 is 29.6 Å². The maximum atomic E-state index is 13.0. The van der Waals surface area contributed by atoms with Gasteiger partial charge in [-0.25, -0.2) is 0 Å². The number of piperidine rings is 1. The molecule has 0 aliphatic carbocycles. The Balaban J connectivity index is 1.39. The Bertz CT molecular complexity index is 859. The third-order valence-electron chi connectivity index (χ3n) is 5.40. The molecule has 1 saturated heterocycles. The number of fused-ring (bicyclic) bond motifs is 1. The summed E-state index contributed by atoms with van der Waals surface area (Å²) in [5.41, 5.74) is 1.24. The maximum absolute atomic E-state index is 13.0. The van der Waals surface area contributed by atoms with Crippen LogP contribution in [0.1, 0.15) is 18.4 Å². The molecular weight excluding hydrogens is 372 g/mol. The monoisotopic (exact) mass is 398 g/mol. The molecule has 0 aromatic heterocycles. The lowest BCUT2D eigenvalue weighted by Crippen LogP contribution is -2.47. The van der Waals surface area contributed by atoms with E-state index in [9.17, 15) is 4.79 Å². The summed E-state index contributed by atoms with van der Waals surface area (Å²) in [7, 11) is 1.64. The zero-order valence-corrected chi connectivity index (χ0v) is 16.5. The van der Waals surface area contributed by atoms with Crippen LogP contribution < -0.4 is 24.8 Å². The fourth-order valence-corrected chi connectivity index (χ4v) is 3.75. The first kappa shape index (κ1) is 19.5. The predicted molar refractivity (Wildman–Crippen MR) is 108 cm³/mol. The predicted octanol–water partition coefficient (Wildman–Crippen LogP) is 2.95. The van der Waals surface area contributed by atoms with E-state index in [4.69, 9.17) is 18.9 Å². The number of amides is 1. The van der Waals surface area contributed by atoms with Crippen molar-refractivity contribution in [1.29, 1.82) is 0 Å². The van der Waals surface area contributed by atoms with Gasteiger partial charge in [-0.15, -0.1) is 0 Å². The van der Waals surface area contributed by atoms with Crippen LogP contribution in [0.5, 0.6) is 17.2 Å². The third-order valence-corrected chi connectivity index (χ3v) is 5.40. The number of hydrogen-bond donors (Lipinski definition) is 2. The van der Waals surface area contributed by atoms with E-state index < -0.39 is 5.41 Å². The second-order valence-electron chi connectivity index (χ2n) is 7.42. The smallest absolute Gasteiger partial charge is 0.233 e. The van der Waals surface area contributed by atoms with Crippen LogP contribution in [0.3, 0.4) is 0 Å². The molecule has 1 amide bonds. The van der Waals surface area contributed by atoms with Gasteiger partial charge in [0.2, 0.25) is 12.7 Å². The minimum atomic E-state index is -0.487. The molecule has 0 atom stereocenters. The van der Waals surface area contributed by atoms with Crippen LogP contribution in [0.2, 0.25) is 0 Å². The van der Waals surface area contributed by atoms with Crippen LogP contribution in [-0.4, -0.2) is 39.5 Å². The molecule has 0 bridgehead atoms. The average molecular weight is 398 g/mol. The third kappa shape index (κ3) is 4.46. The number of hydrogen-bond acceptors (Lipinski definition) is 6. The van der Waals surface area contributed by atoms with Crippen molar-refractivity contribution in [1.82, 2.24) is 5.32 Å². The molecule has 0 saturated carbocycles. The van der Waals surface area contributed by atoms with E-state index >= 15 is 0 Å². The molecule has 2 aliphatic rings. The zero-order chi connectivity index (χ0) is 20.1. The second kappa shape index (κ2) is 8.71. The van der Waals surface area contributed by atoms with E-state index in [1.807, 2.05) is 42.5 Å². The molecule has 7 nitrogen and oxygen atoms in total. The number of methoxy groups -OCH3 is 1. The Kier molecular flexibility index (Phi) is 5.87. The quantitative estimate of drug-likeness (QED) is 0.747. The summed E-state index contributed by atoms with van der Waals surface area (Å²) < 4.78 is 21.9. The van der Waals surface area contributed by atoms with E-state index in [0.717, 1.165) is 42.9 Å². The van der Waals surface area contributed by atoms with E-state index in [1.54, 1.807) is 7.11 Å². The first-order valence-electron chi connectivity index (χ1n) is 9.81. The van der Waals surface area contributed by atoms with E-state index in [0.29, 0.717) is 24.7 Å². The van der Waals surface area contributed by atoms with Crippen molar-refractivity contribution in [3.63, 3.8) is 0 Å². The number of anilines is 1. The van der Waals surface area contributed by atoms with Crippen LogP contribution in [-0.2, 0) is 16.1 Å². The minimum Gasteiger partial charge on any atom is -0.489 e. The fraction of sp³-hybridized carbons (Fsp3) is 0.409. The summed E-state index contributed by atoms with van der Waals surface area (Å²) in [4.78, 5) is 13.0. The zero-order valence-electron chi connectivity index (χ0n) is 16.5. The lowest BCUT2D eigenvalue weighted by Gasteiger charge is -2.35. The van der Waals surface area contributed by atoms with E-state index in [2.05, 4.69) is 10.6 Å². The number of carbonyl (C=O) groups excluding carboxylic acids is 1. The minimum absolute atomic E-state index is 0.00897. The topological polar surface area (TPSA) is 78.1 Å². The highest BCUT2D eigenvalue weighted by Crippen LogP contribution is 2.35. The Morgan fingerprint density at radius 3 is 2.79 bits per heavy atom. The molecule has 2 aromatic carbocycles. The number of benzene rings is 2. The number of rotatable bonds is 7. The molecular formula is C22H26N2O5. The van der Waals surface area contributed by atoms with Crippen molar-refractivity contribution in [3.8, 4) is 17.2 Å². The Morgan fingerprint density at radius 2 is 1.97 bits per heavy atom. The van der Waals surface area contributed by atoms with Crippen molar-refractivity contribution < 1.29 is 23.7 Å². The van der Waals surface area contributed by atoms with Crippen molar-refractivity contribution in [2.24, 2.45) is 5.41 Å². The molecule has 2 aromatic rings. The second-order valence-corrected chi connectivity index (χ2v) is 7.42. The largest absolute Gasteiger partial charge is 0.489 e. The Morgan fingerprint density at radius 1 is 1.14 bits per heavy atom. The summed E-state index contributed by atoms with van der Waals surface area (Å²) in [6.45, 7) is 2.69. The molecule has 0 radical (unpaired) electrons. The van der Waals surface area contributed by atoms with Gasteiger partial charge in [-0.3, -0.25) is 4.79 Å². The summed E-state index contributed by atoms with van der Waals surface area (Å²) in [5, 5.41) is 6.38. The number of nitrogens with one attached hydrogen (secondary N) is 2. The highest BCUT2D eigenvalue weighted by atomic mass is 16.7. The highest BCUT2D eigenvalue weighted by Gasteiger charge is 2.39. The molecule has 2 N–H and O–H groups in total. The standard InChI is InChI=1S/C22H26N2O5/c1-26-14-22(7-9-23-10-8-22)21(25)24-17-4-2-3-16(11-17)13-27-18-5-6-19-20(12-18)29-15-28-19/h2-6,11-12,23H,7-10,13-15H2,1H3,(H,24,25). The molecule has 2 heterocycles. The van der Waals surface area contributed by atoms with Gasteiger partial charge in [0.25, 0.3) is 0 Å². The molecule has 2 aliphatic heterocycles. The molecule has 7 heteroatoms. The summed E-state index contributed by atoms with van der Waals surface area (Å²) in [5.74, 6) is 2.13. The van der Waals surface area contributed by atoms with Crippen molar-refractivity contribution in [3.05, 3.63) is 48.0 Å². The average Bonchev–Trinajstić information content (AvgIpc) is 3.21. The van der Waals surface area contributed by atoms with Gasteiger partial charge >= 0.3 is 0 Å². The SMILES string of the molecule is COCC1(C(=O)Nc2cccc(COc3ccc4c(c3)OCO4)c2)CCNCC1. The van der Waals surface area contributed by atoms with Crippen LogP contribution in [0, 0.1) is 5.41 Å². The summed E-state index contributed by atoms with van der Waals surface area (Å²) in [6.07, 6.45) is 1.53. The fourth-order valence-electron chi connectivity index (χ4n) is 3.75. The maximum Gasteiger partial charge on any atom is 0.233 e. The first-order chi connectivity index (χ1) is 14.2. The summed E-state index contributed by atoms with van der Waals surface area (Å²) >= 11 is 0. The number of ether oxygens (including phenoxy) is 4. The Labute approximate surface area is 170 Å². The molecule has 0 spiro atoms. The highest BCUT2D eigenvalue weighted by molar-refractivity contribution is 5.95. The molecule has 1 fully saturated rings. The van der Waals surface area contributed by atoms with E-state index in [1.165, 1.54) is 0 Å². The lowest BCUT2D eigenvalue weighted by atomic mass is 9.78. The van der Waals surface area contributed by atoms with Crippen LogP contribution in [0.4, 0.5) is 5.69 Å². The van der Waals surface area contributed by atoms with Gasteiger partial charge in [-0.2, -0.15) is 0 Å². The van der Waals surface area contributed by atoms with Crippen LogP contribution in [0.15, 0.2) is 42.5 Å². The molecule has 4 rings (SSSR count). The van der Waals surface area contributed by atoms with Gasteiger partial charge in [-0.1, -0.05) is 12.1 Å². The van der Waals surface area contributed by atoms with Crippen molar-refractivity contribution in [2.45, 2.75) is 19.4 Å². The molecule has 29 heavy (non-hydrogen) atoms. The van der Waals surface area contributed by atoms with Crippen molar-refractivity contribution >= 4 is 11.6 Å². The van der Waals surface area contributed by atoms with Gasteiger partial charge in [0, 0.05) is 18.9 Å². The van der Waals surface area contributed by atoms with Gasteiger partial charge in [0.15, 0.2) is 11.5 Å². The van der Waals surface area contributed by atoms with Crippen LogP contribution in [0.25, 0.3) is 0 Å². The lowest BCUT2D eigenvalue weighted by molar-refractivity contribution is -0.130. The van der Waals surface area contributed by atoms with Crippen molar-refractivity contribution in [2.75, 3.05) is 38.9 Å². The number of carbonyl (C=O) groups is 1. The molecule has 0 unspecified atom stereocenters. The van der Waals surface area contributed by atoms with Gasteiger partial charge in [-0.05, 0) is 55.8 Å².